The van der Waals surface area contributed by atoms with E-state index in [4.69, 9.17) is 4.74 Å². The molecule has 0 spiro atoms. The molecule has 2 N–H and O–H groups in total. The zero-order chi connectivity index (χ0) is 25.9. The minimum absolute atomic E-state index is 0.122. The van der Waals surface area contributed by atoms with Crippen LogP contribution < -0.4 is 10.6 Å². The Balaban J connectivity index is 1.61. The number of alkyl carbamates (subject to hydrolysis) is 1. The number of imide groups is 1. The summed E-state index contributed by atoms with van der Waals surface area (Å²) in [5.74, 6) is -1.11. The summed E-state index contributed by atoms with van der Waals surface area (Å²) in [5.41, 5.74) is 2.05. The van der Waals surface area contributed by atoms with Crippen LogP contribution in [-0.4, -0.2) is 49.8 Å². The minimum Gasteiger partial charge on any atom is -0.450 e. The molecule has 2 aliphatic rings. The number of hydrogen-bond acceptors (Lipinski definition) is 7. The fraction of sp³-hybridized carbons (Fsp3) is 0.480. The zero-order valence-electron chi connectivity index (χ0n) is 20.5. The van der Waals surface area contributed by atoms with E-state index in [-0.39, 0.29) is 23.6 Å². The van der Waals surface area contributed by atoms with Gasteiger partial charge in [0.15, 0.2) is 0 Å². The van der Waals surface area contributed by atoms with Crippen LogP contribution in [0.2, 0.25) is 0 Å². The fourth-order valence-electron chi connectivity index (χ4n) is 4.72. The zero-order valence-corrected chi connectivity index (χ0v) is 22.1. The average Bonchev–Trinajstić information content (AvgIpc) is 3.39. The van der Waals surface area contributed by atoms with E-state index in [1.165, 1.54) is 15.6 Å². The van der Waals surface area contributed by atoms with Crippen LogP contribution in [0.1, 0.15) is 65.4 Å². The van der Waals surface area contributed by atoms with E-state index in [0.29, 0.717) is 24.3 Å². The molecule has 1 fully saturated rings. The van der Waals surface area contributed by atoms with Crippen LogP contribution in [0.3, 0.4) is 0 Å². The predicted molar refractivity (Wildman–Crippen MR) is 137 cm³/mol. The number of sulfonamides is 1. The van der Waals surface area contributed by atoms with Crippen LogP contribution in [-0.2, 0) is 32.4 Å². The Kier molecular flexibility index (Phi) is 8.11. The molecule has 1 atom stereocenters. The predicted octanol–water partition coefficient (Wildman–Crippen LogP) is 4.00. The maximum absolute atomic E-state index is 13.4. The van der Waals surface area contributed by atoms with Gasteiger partial charge in [-0.05, 0) is 70.1 Å². The van der Waals surface area contributed by atoms with E-state index in [1.807, 2.05) is 6.92 Å². The average molecular weight is 534 g/mol. The smallest absolute Gasteiger partial charge is 0.414 e. The topological polar surface area (TPSA) is 122 Å². The van der Waals surface area contributed by atoms with Gasteiger partial charge in [-0.25, -0.2) is 13.2 Å². The van der Waals surface area contributed by atoms with E-state index in [9.17, 15) is 22.8 Å². The van der Waals surface area contributed by atoms with E-state index >= 15 is 0 Å². The van der Waals surface area contributed by atoms with Gasteiger partial charge in [0, 0.05) is 11.4 Å². The maximum Gasteiger partial charge on any atom is 0.414 e. The molecule has 3 amide bonds. The molecular formula is C25H31N3O6S2. The monoisotopic (exact) mass is 533 g/mol. The van der Waals surface area contributed by atoms with Gasteiger partial charge in [0.1, 0.15) is 11.0 Å². The largest absolute Gasteiger partial charge is 0.450 e. The van der Waals surface area contributed by atoms with Gasteiger partial charge in [-0.1, -0.05) is 24.1 Å². The van der Waals surface area contributed by atoms with Crippen molar-refractivity contribution in [2.24, 2.45) is 0 Å². The van der Waals surface area contributed by atoms with Gasteiger partial charge in [0.2, 0.25) is 15.9 Å². The molecule has 1 aliphatic carbocycles. The fourth-order valence-corrected chi connectivity index (χ4v) is 7.67. The van der Waals surface area contributed by atoms with Crippen molar-refractivity contribution in [3.8, 4) is 0 Å². The van der Waals surface area contributed by atoms with Gasteiger partial charge >= 0.3 is 6.09 Å². The number of amides is 3. The number of benzene rings is 1. The molecule has 4 rings (SSSR count). The summed E-state index contributed by atoms with van der Waals surface area (Å²) in [6.45, 7) is 3.88. The molecule has 1 aromatic carbocycles. The van der Waals surface area contributed by atoms with Crippen molar-refractivity contribution in [3.05, 3.63) is 45.8 Å². The normalized spacial score (nSPS) is 18.2. The number of carbonyl (C=O) groups is 3. The highest BCUT2D eigenvalue weighted by Gasteiger charge is 2.40. The maximum atomic E-state index is 13.4. The van der Waals surface area contributed by atoms with Crippen molar-refractivity contribution >= 4 is 44.3 Å². The number of rotatable bonds is 6. The van der Waals surface area contributed by atoms with Crippen LogP contribution in [0.25, 0.3) is 0 Å². The summed E-state index contributed by atoms with van der Waals surface area (Å²) in [4.78, 5) is 39.6. The number of nitrogens with one attached hydrogen (secondary N) is 2. The second-order valence-electron chi connectivity index (χ2n) is 9.02. The van der Waals surface area contributed by atoms with Gasteiger partial charge in [0.05, 0.1) is 17.1 Å². The summed E-state index contributed by atoms with van der Waals surface area (Å²) >= 11 is 1.33. The molecule has 1 unspecified atom stereocenters. The lowest BCUT2D eigenvalue weighted by Crippen LogP contribution is -2.43. The minimum atomic E-state index is -3.86. The Labute approximate surface area is 215 Å². The molecule has 1 saturated heterocycles. The van der Waals surface area contributed by atoms with Crippen LogP contribution in [0.15, 0.2) is 29.2 Å². The lowest BCUT2D eigenvalue weighted by atomic mass is 10.0. The lowest BCUT2D eigenvalue weighted by molar-refractivity contribution is -0.119. The number of ether oxygens (including phenoxy) is 1. The van der Waals surface area contributed by atoms with Gasteiger partial charge in [-0.3, -0.25) is 14.9 Å². The number of aryl methyl sites for hydroxylation is 2. The Morgan fingerprint density at radius 3 is 2.53 bits per heavy atom. The van der Waals surface area contributed by atoms with Crippen molar-refractivity contribution in [3.63, 3.8) is 0 Å². The number of carbonyl (C=O) groups excluding carboxylic acids is 3. The van der Waals surface area contributed by atoms with Gasteiger partial charge in [0.25, 0.3) is 5.91 Å². The molecule has 2 aromatic rings. The number of hydrogen-bond donors (Lipinski definition) is 2. The third kappa shape index (κ3) is 5.47. The molecule has 1 aromatic heterocycles. The Morgan fingerprint density at radius 1 is 1.08 bits per heavy atom. The van der Waals surface area contributed by atoms with Crippen molar-refractivity contribution < 1.29 is 27.5 Å². The van der Waals surface area contributed by atoms with E-state index in [0.717, 1.165) is 41.7 Å². The van der Waals surface area contributed by atoms with Crippen molar-refractivity contribution in [1.82, 2.24) is 9.62 Å². The molecule has 0 saturated carbocycles. The number of nitrogens with zero attached hydrogens (tertiary/aromatic N) is 1. The lowest BCUT2D eigenvalue weighted by Gasteiger charge is -2.23. The molecule has 0 radical (unpaired) electrons. The van der Waals surface area contributed by atoms with Crippen LogP contribution in [0.4, 0.5) is 9.80 Å². The van der Waals surface area contributed by atoms with Crippen LogP contribution >= 0.6 is 11.3 Å². The second-order valence-corrected chi connectivity index (χ2v) is 12.0. The molecule has 1 aliphatic heterocycles. The van der Waals surface area contributed by atoms with E-state index in [1.54, 1.807) is 31.2 Å². The van der Waals surface area contributed by atoms with Gasteiger partial charge < -0.3 is 10.1 Å². The summed E-state index contributed by atoms with van der Waals surface area (Å²) in [5, 5.41) is 5.43. The van der Waals surface area contributed by atoms with E-state index < -0.39 is 34.0 Å². The summed E-state index contributed by atoms with van der Waals surface area (Å²) < 4.78 is 32.7. The Morgan fingerprint density at radius 2 is 1.81 bits per heavy atom. The van der Waals surface area contributed by atoms with Crippen molar-refractivity contribution in [1.29, 1.82) is 0 Å². The van der Waals surface area contributed by atoms with E-state index in [2.05, 4.69) is 10.6 Å². The third-order valence-electron chi connectivity index (χ3n) is 6.51. The molecule has 36 heavy (non-hydrogen) atoms. The molecule has 11 heteroatoms. The molecule has 194 valence electrons. The summed E-state index contributed by atoms with van der Waals surface area (Å²) in [6, 6.07) is 5.66. The van der Waals surface area contributed by atoms with Crippen molar-refractivity contribution in [2.75, 3.05) is 18.5 Å². The third-order valence-corrected chi connectivity index (χ3v) is 9.64. The molecule has 2 heterocycles. The summed E-state index contributed by atoms with van der Waals surface area (Å²) in [6.07, 6.45) is 4.47. The standard InChI is InChI=1S/C25H31N3O6S2/c1-3-34-25(31)27-23(30)21-18-8-5-4-6-10-20(18)35-24(21)26-22(29)19-9-7-15-28(19)36(32,33)17-13-11-16(2)12-14-17/h11-14,19H,3-10,15H2,1-2H3,(H,26,29)(H,27,30,31). The SMILES string of the molecule is CCOC(=O)NC(=O)c1c(NC(=O)C2CCCN2S(=O)(=O)c2ccc(C)cc2)sc2c1CCCCC2. The second kappa shape index (κ2) is 11.1. The first-order chi connectivity index (χ1) is 17.2. The van der Waals surface area contributed by atoms with Gasteiger partial charge in [-0.15, -0.1) is 11.3 Å². The highest BCUT2D eigenvalue weighted by Crippen LogP contribution is 2.38. The molecule has 9 nitrogen and oxygen atoms in total. The molecular weight excluding hydrogens is 502 g/mol. The first-order valence-electron chi connectivity index (χ1n) is 12.2. The Bertz CT molecular complexity index is 1250. The number of thiophene rings is 1. The van der Waals surface area contributed by atoms with Gasteiger partial charge in [-0.2, -0.15) is 4.31 Å². The number of fused-ring (bicyclic) bond motifs is 1. The quantitative estimate of drug-likeness (QED) is 0.541. The van der Waals surface area contributed by atoms with Crippen LogP contribution in [0, 0.1) is 6.92 Å². The Hall–Kier alpha value is -2.76. The number of anilines is 1. The molecule has 0 bridgehead atoms. The van der Waals surface area contributed by atoms with Crippen LogP contribution in [0.5, 0.6) is 0 Å². The first-order valence-corrected chi connectivity index (χ1v) is 14.5. The first kappa shape index (κ1) is 26.3. The summed E-state index contributed by atoms with van der Waals surface area (Å²) in [7, 11) is -3.86. The van der Waals surface area contributed by atoms with Crippen molar-refractivity contribution in [2.45, 2.75) is 69.7 Å². The highest BCUT2D eigenvalue weighted by atomic mass is 32.2. The highest BCUT2D eigenvalue weighted by molar-refractivity contribution is 7.89.